The molecule has 74 valence electrons. The van der Waals surface area contributed by atoms with E-state index >= 15 is 0 Å². The Balaban J connectivity index is 3.95. The zero-order valence-corrected chi connectivity index (χ0v) is 8.93. The standard InChI is InChI=1S/C10H19BO2/c1-3-4-5-6-9(8(2)12)10(13)7-11/h9H,3-7,11H2,1-2H3. The van der Waals surface area contributed by atoms with Gasteiger partial charge in [-0.25, -0.2) is 0 Å². The van der Waals surface area contributed by atoms with E-state index in [1.165, 1.54) is 6.92 Å². The van der Waals surface area contributed by atoms with Gasteiger partial charge in [0.2, 0.25) is 0 Å². The fourth-order valence-electron chi connectivity index (χ4n) is 1.44. The molecule has 0 radical (unpaired) electrons. The monoisotopic (exact) mass is 182 g/mol. The highest BCUT2D eigenvalue weighted by Gasteiger charge is 2.20. The number of rotatable bonds is 7. The molecule has 0 fully saturated rings. The Bertz CT molecular complexity index is 178. The summed E-state index contributed by atoms with van der Waals surface area (Å²) in [6.45, 7) is 3.63. The van der Waals surface area contributed by atoms with Gasteiger partial charge in [-0.3, -0.25) is 9.59 Å². The quantitative estimate of drug-likeness (QED) is 0.338. The molecule has 1 unspecified atom stereocenters. The van der Waals surface area contributed by atoms with Crippen molar-refractivity contribution in [1.29, 1.82) is 0 Å². The molecule has 0 heterocycles. The van der Waals surface area contributed by atoms with Crippen molar-refractivity contribution in [3.05, 3.63) is 0 Å². The van der Waals surface area contributed by atoms with Crippen LogP contribution in [0.3, 0.4) is 0 Å². The van der Waals surface area contributed by atoms with Gasteiger partial charge in [-0.15, -0.1) is 0 Å². The van der Waals surface area contributed by atoms with E-state index in [0.29, 0.717) is 6.32 Å². The Kier molecular flexibility index (Phi) is 6.56. The van der Waals surface area contributed by atoms with E-state index in [0.717, 1.165) is 25.7 Å². The molecule has 0 N–H and O–H groups in total. The maximum Gasteiger partial charge on any atom is 0.140 e. The first-order chi connectivity index (χ1) is 6.13. The van der Waals surface area contributed by atoms with Gasteiger partial charge in [0.15, 0.2) is 0 Å². The summed E-state index contributed by atoms with van der Waals surface area (Å²) in [5.74, 6) is -0.192. The molecule has 3 heteroatoms. The van der Waals surface area contributed by atoms with E-state index in [9.17, 15) is 9.59 Å². The second-order valence-electron chi connectivity index (χ2n) is 3.48. The number of hydrogen-bond acceptors (Lipinski definition) is 2. The third kappa shape index (κ3) is 4.86. The normalized spacial score (nSPS) is 12.5. The van der Waals surface area contributed by atoms with Crippen LogP contribution in [-0.4, -0.2) is 19.4 Å². The molecule has 0 aliphatic rings. The molecule has 0 saturated carbocycles. The Morgan fingerprint density at radius 2 is 1.92 bits per heavy atom. The fraction of sp³-hybridized carbons (Fsp3) is 0.800. The van der Waals surface area contributed by atoms with E-state index in [4.69, 9.17) is 0 Å². The maximum atomic E-state index is 11.3. The predicted molar refractivity (Wildman–Crippen MR) is 56.7 cm³/mol. The molecule has 0 aromatic carbocycles. The molecule has 13 heavy (non-hydrogen) atoms. The Hall–Kier alpha value is -0.595. The second-order valence-corrected chi connectivity index (χ2v) is 3.48. The minimum atomic E-state index is -0.323. The van der Waals surface area contributed by atoms with E-state index in [2.05, 4.69) is 6.92 Å². The van der Waals surface area contributed by atoms with Crippen LogP contribution in [0.2, 0.25) is 6.32 Å². The molecule has 0 aromatic heterocycles. The van der Waals surface area contributed by atoms with Crippen LogP contribution in [0.25, 0.3) is 0 Å². The average molecular weight is 182 g/mol. The fourth-order valence-corrected chi connectivity index (χ4v) is 1.44. The van der Waals surface area contributed by atoms with E-state index in [1.807, 2.05) is 7.85 Å². The van der Waals surface area contributed by atoms with Crippen LogP contribution in [0.1, 0.15) is 39.5 Å². The van der Waals surface area contributed by atoms with Crippen molar-refractivity contribution in [2.45, 2.75) is 45.9 Å². The van der Waals surface area contributed by atoms with Gasteiger partial charge in [-0.2, -0.15) is 0 Å². The summed E-state index contributed by atoms with van der Waals surface area (Å²) in [4.78, 5) is 22.4. The van der Waals surface area contributed by atoms with Crippen LogP contribution in [0, 0.1) is 5.92 Å². The van der Waals surface area contributed by atoms with Gasteiger partial charge in [0, 0.05) is 0 Å². The van der Waals surface area contributed by atoms with Crippen molar-refractivity contribution in [3.63, 3.8) is 0 Å². The summed E-state index contributed by atoms with van der Waals surface area (Å²) in [6, 6.07) is 0. The minimum absolute atomic E-state index is 0.0305. The lowest BCUT2D eigenvalue weighted by Crippen LogP contribution is -2.21. The first kappa shape index (κ1) is 12.4. The van der Waals surface area contributed by atoms with Crippen LogP contribution in [0.4, 0.5) is 0 Å². The van der Waals surface area contributed by atoms with Crippen molar-refractivity contribution in [3.8, 4) is 0 Å². The first-order valence-electron chi connectivity index (χ1n) is 5.16. The van der Waals surface area contributed by atoms with E-state index < -0.39 is 0 Å². The van der Waals surface area contributed by atoms with Gasteiger partial charge in [0.25, 0.3) is 0 Å². The molecule has 0 aliphatic carbocycles. The number of carbonyl (C=O) groups excluding carboxylic acids is 2. The lowest BCUT2D eigenvalue weighted by molar-refractivity contribution is -0.130. The third-order valence-corrected chi connectivity index (χ3v) is 2.32. The molecule has 0 bridgehead atoms. The number of carbonyl (C=O) groups is 2. The van der Waals surface area contributed by atoms with Gasteiger partial charge in [0.05, 0.1) is 5.92 Å². The summed E-state index contributed by atoms with van der Waals surface area (Å²) < 4.78 is 0. The number of Topliss-reactive ketones (excluding diaryl/α,β-unsaturated/α-hetero) is 2. The van der Waals surface area contributed by atoms with Gasteiger partial charge in [-0.1, -0.05) is 26.2 Å². The maximum absolute atomic E-state index is 11.3. The molecule has 0 amide bonds. The number of ketones is 2. The van der Waals surface area contributed by atoms with Gasteiger partial charge >= 0.3 is 0 Å². The Labute approximate surface area is 81.5 Å². The lowest BCUT2D eigenvalue weighted by atomic mass is 9.86. The SMILES string of the molecule is BCC(=O)C(CCCCC)C(C)=O. The smallest absolute Gasteiger partial charge is 0.140 e. The summed E-state index contributed by atoms with van der Waals surface area (Å²) in [5.41, 5.74) is 0. The second kappa shape index (κ2) is 6.87. The average Bonchev–Trinajstić information content (AvgIpc) is 2.11. The van der Waals surface area contributed by atoms with Gasteiger partial charge in [-0.05, 0) is 19.7 Å². The van der Waals surface area contributed by atoms with Crippen LogP contribution in [0.5, 0.6) is 0 Å². The largest absolute Gasteiger partial charge is 0.300 e. The highest BCUT2D eigenvalue weighted by molar-refractivity contribution is 6.23. The van der Waals surface area contributed by atoms with Crippen LogP contribution in [0.15, 0.2) is 0 Å². The lowest BCUT2D eigenvalue weighted by Gasteiger charge is -2.10. The zero-order chi connectivity index (χ0) is 10.3. The van der Waals surface area contributed by atoms with Crippen molar-refractivity contribution in [1.82, 2.24) is 0 Å². The highest BCUT2D eigenvalue weighted by Crippen LogP contribution is 2.13. The highest BCUT2D eigenvalue weighted by atomic mass is 16.1. The molecule has 0 rings (SSSR count). The van der Waals surface area contributed by atoms with Crippen LogP contribution < -0.4 is 0 Å². The summed E-state index contributed by atoms with van der Waals surface area (Å²) in [6.07, 6.45) is 4.46. The zero-order valence-electron chi connectivity index (χ0n) is 8.93. The van der Waals surface area contributed by atoms with Gasteiger partial charge < -0.3 is 0 Å². The summed E-state index contributed by atoms with van der Waals surface area (Å²) >= 11 is 0. The first-order valence-corrected chi connectivity index (χ1v) is 5.16. The van der Waals surface area contributed by atoms with Crippen molar-refractivity contribution < 1.29 is 9.59 Å². The minimum Gasteiger partial charge on any atom is -0.300 e. The van der Waals surface area contributed by atoms with Crippen molar-refractivity contribution in [2.75, 3.05) is 0 Å². The molecule has 1 atom stereocenters. The topological polar surface area (TPSA) is 34.1 Å². The summed E-state index contributed by atoms with van der Waals surface area (Å²) in [5, 5.41) is 0. The van der Waals surface area contributed by atoms with Crippen molar-refractivity contribution in [2.24, 2.45) is 5.92 Å². The molecular formula is C10H19BO2. The molecule has 0 aromatic rings. The number of unbranched alkanes of at least 4 members (excludes halogenated alkanes) is 2. The number of hydrogen-bond donors (Lipinski definition) is 0. The van der Waals surface area contributed by atoms with Gasteiger partial charge in [0.1, 0.15) is 19.4 Å². The van der Waals surface area contributed by atoms with E-state index in [1.54, 1.807) is 0 Å². The Morgan fingerprint density at radius 3 is 2.31 bits per heavy atom. The molecule has 2 nitrogen and oxygen atoms in total. The molecular weight excluding hydrogens is 163 g/mol. The Morgan fingerprint density at radius 1 is 1.31 bits per heavy atom. The molecule has 0 spiro atoms. The summed E-state index contributed by atoms with van der Waals surface area (Å²) in [7, 11) is 1.82. The molecule has 0 aliphatic heterocycles. The van der Waals surface area contributed by atoms with E-state index in [-0.39, 0.29) is 17.5 Å². The van der Waals surface area contributed by atoms with Crippen molar-refractivity contribution >= 4 is 19.4 Å². The van der Waals surface area contributed by atoms with Crippen LogP contribution in [-0.2, 0) is 9.59 Å². The van der Waals surface area contributed by atoms with Crippen LogP contribution >= 0.6 is 0 Å². The third-order valence-electron chi connectivity index (χ3n) is 2.32. The molecule has 0 saturated heterocycles. The predicted octanol–water partition coefficient (Wildman–Crippen LogP) is 1.39.